The summed E-state index contributed by atoms with van der Waals surface area (Å²) < 4.78 is 13.2. The van der Waals surface area contributed by atoms with Crippen molar-refractivity contribution in [1.82, 2.24) is 10.9 Å². The summed E-state index contributed by atoms with van der Waals surface area (Å²) in [5.74, 6) is -0.947. The smallest absolute Gasteiger partial charge is 0.269 e. The zero-order valence-corrected chi connectivity index (χ0v) is 13.2. The van der Waals surface area contributed by atoms with Crippen LogP contribution in [0.3, 0.4) is 0 Å². The van der Waals surface area contributed by atoms with Crippen molar-refractivity contribution in [3.8, 4) is 0 Å². The third-order valence-corrected chi connectivity index (χ3v) is 4.61. The number of carbonyl (C=O) groups excluding carboxylic acids is 2. The first kappa shape index (κ1) is 16.2. The fraction of sp³-hybridized carbons (Fsp3) is 0.263. The second kappa shape index (κ2) is 6.83. The van der Waals surface area contributed by atoms with Gasteiger partial charge in [-0.15, -0.1) is 0 Å². The van der Waals surface area contributed by atoms with Gasteiger partial charge in [0.15, 0.2) is 0 Å². The molecule has 124 valence electrons. The Kier molecular flexibility index (Phi) is 4.60. The van der Waals surface area contributed by atoms with Crippen molar-refractivity contribution in [3.63, 3.8) is 0 Å². The van der Waals surface area contributed by atoms with Gasteiger partial charge in [-0.1, -0.05) is 43.2 Å². The second-order valence-corrected chi connectivity index (χ2v) is 6.07. The minimum Gasteiger partial charge on any atom is -0.272 e. The maximum atomic E-state index is 13.2. The minimum atomic E-state index is -0.711. The molecule has 0 saturated heterocycles. The molecule has 0 aromatic heterocycles. The van der Waals surface area contributed by atoms with E-state index in [0.29, 0.717) is 18.4 Å². The summed E-state index contributed by atoms with van der Waals surface area (Å²) in [5, 5.41) is 0. The molecule has 0 heterocycles. The molecule has 0 unspecified atom stereocenters. The highest BCUT2D eigenvalue weighted by Gasteiger charge is 2.42. The molecule has 1 fully saturated rings. The summed E-state index contributed by atoms with van der Waals surface area (Å²) >= 11 is 0. The number of benzene rings is 2. The maximum absolute atomic E-state index is 13.2. The standard InChI is InChI=1S/C19H19FN2O2/c20-16-10-8-15(9-11-16)19(12-4-5-13-19)18(24)22-21-17(23)14-6-2-1-3-7-14/h1-3,6-11H,4-5,12-13H2,(H,21,23)(H,22,24). The minimum absolute atomic E-state index is 0.254. The Morgan fingerprint density at radius 3 is 2.12 bits per heavy atom. The van der Waals surface area contributed by atoms with Crippen LogP contribution in [0.25, 0.3) is 0 Å². The van der Waals surface area contributed by atoms with E-state index in [9.17, 15) is 14.0 Å². The van der Waals surface area contributed by atoms with Crippen molar-refractivity contribution in [2.24, 2.45) is 0 Å². The van der Waals surface area contributed by atoms with Gasteiger partial charge in [0, 0.05) is 5.56 Å². The Morgan fingerprint density at radius 2 is 1.50 bits per heavy atom. The van der Waals surface area contributed by atoms with E-state index in [1.807, 2.05) is 6.07 Å². The fourth-order valence-corrected chi connectivity index (χ4v) is 3.29. The van der Waals surface area contributed by atoms with Gasteiger partial charge in [0.1, 0.15) is 5.82 Å². The van der Waals surface area contributed by atoms with Gasteiger partial charge < -0.3 is 0 Å². The zero-order chi connectivity index (χ0) is 17.0. The molecular formula is C19H19FN2O2. The number of hydrogen-bond donors (Lipinski definition) is 2. The van der Waals surface area contributed by atoms with Crippen molar-refractivity contribution in [3.05, 3.63) is 71.5 Å². The maximum Gasteiger partial charge on any atom is 0.269 e. The summed E-state index contributed by atoms with van der Waals surface area (Å²) in [7, 11) is 0. The highest BCUT2D eigenvalue weighted by molar-refractivity contribution is 5.96. The lowest BCUT2D eigenvalue weighted by Crippen LogP contribution is -2.50. The van der Waals surface area contributed by atoms with Crippen LogP contribution in [0.5, 0.6) is 0 Å². The lowest BCUT2D eigenvalue weighted by Gasteiger charge is -2.28. The Balaban J connectivity index is 1.73. The molecule has 0 spiro atoms. The van der Waals surface area contributed by atoms with Gasteiger partial charge >= 0.3 is 0 Å². The Bertz CT molecular complexity index is 723. The molecule has 0 radical (unpaired) electrons. The van der Waals surface area contributed by atoms with Crippen LogP contribution in [-0.2, 0) is 10.2 Å². The third kappa shape index (κ3) is 3.15. The highest BCUT2D eigenvalue weighted by Crippen LogP contribution is 2.41. The van der Waals surface area contributed by atoms with Crippen LogP contribution >= 0.6 is 0 Å². The molecule has 1 saturated carbocycles. The molecule has 24 heavy (non-hydrogen) atoms. The number of carbonyl (C=O) groups is 2. The van der Waals surface area contributed by atoms with Gasteiger partial charge in [-0.2, -0.15) is 0 Å². The van der Waals surface area contributed by atoms with E-state index >= 15 is 0 Å². The molecule has 0 atom stereocenters. The molecule has 2 N–H and O–H groups in total. The van der Waals surface area contributed by atoms with Crippen molar-refractivity contribution < 1.29 is 14.0 Å². The van der Waals surface area contributed by atoms with Crippen LogP contribution in [-0.4, -0.2) is 11.8 Å². The van der Waals surface area contributed by atoms with Crippen LogP contribution < -0.4 is 10.9 Å². The van der Waals surface area contributed by atoms with Crippen molar-refractivity contribution in [2.45, 2.75) is 31.1 Å². The van der Waals surface area contributed by atoms with Gasteiger partial charge in [0.2, 0.25) is 5.91 Å². The molecule has 2 aromatic carbocycles. The zero-order valence-electron chi connectivity index (χ0n) is 13.2. The first-order valence-corrected chi connectivity index (χ1v) is 8.04. The molecular weight excluding hydrogens is 307 g/mol. The first-order valence-electron chi connectivity index (χ1n) is 8.04. The summed E-state index contributed by atoms with van der Waals surface area (Å²) in [6, 6.07) is 14.7. The van der Waals surface area contributed by atoms with Crippen LogP contribution in [0.2, 0.25) is 0 Å². The third-order valence-electron chi connectivity index (χ3n) is 4.61. The highest BCUT2D eigenvalue weighted by atomic mass is 19.1. The number of hydrogen-bond acceptors (Lipinski definition) is 2. The van der Waals surface area contributed by atoms with Crippen molar-refractivity contribution >= 4 is 11.8 Å². The number of halogens is 1. The molecule has 2 amide bonds. The molecule has 1 aliphatic carbocycles. The van der Waals surface area contributed by atoms with Crippen LogP contribution in [0, 0.1) is 5.82 Å². The summed E-state index contributed by atoms with van der Waals surface area (Å²) in [4.78, 5) is 24.8. The number of hydrazine groups is 1. The Hall–Kier alpha value is -2.69. The molecule has 2 aromatic rings. The van der Waals surface area contributed by atoms with Crippen molar-refractivity contribution in [1.29, 1.82) is 0 Å². The largest absolute Gasteiger partial charge is 0.272 e. The van der Waals surface area contributed by atoms with E-state index < -0.39 is 5.41 Å². The summed E-state index contributed by atoms with van der Waals surface area (Å²) in [6.45, 7) is 0. The molecule has 5 heteroatoms. The second-order valence-electron chi connectivity index (χ2n) is 6.07. The van der Waals surface area contributed by atoms with E-state index in [1.54, 1.807) is 36.4 Å². The molecule has 1 aliphatic rings. The summed E-state index contributed by atoms with van der Waals surface area (Å²) in [6.07, 6.45) is 3.23. The van der Waals surface area contributed by atoms with E-state index in [0.717, 1.165) is 18.4 Å². The molecule has 4 nitrogen and oxygen atoms in total. The summed E-state index contributed by atoms with van der Waals surface area (Å²) in [5.41, 5.74) is 5.56. The van der Waals surface area contributed by atoms with Gasteiger partial charge in [0.05, 0.1) is 5.41 Å². The average molecular weight is 326 g/mol. The molecule has 3 rings (SSSR count). The molecule has 0 aliphatic heterocycles. The predicted octanol–water partition coefficient (Wildman–Crippen LogP) is 3.10. The quantitative estimate of drug-likeness (QED) is 0.852. The van der Waals surface area contributed by atoms with Gasteiger partial charge in [-0.25, -0.2) is 4.39 Å². The fourth-order valence-electron chi connectivity index (χ4n) is 3.29. The SMILES string of the molecule is O=C(NNC(=O)C1(c2ccc(F)cc2)CCCC1)c1ccccc1. The van der Waals surface area contributed by atoms with Crippen LogP contribution in [0.4, 0.5) is 4.39 Å². The van der Waals surface area contributed by atoms with E-state index in [-0.39, 0.29) is 17.6 Å². The first-order chi connectivity index (χ1) is 11.6. The van der Waals surface area contributed by atoms with Crippen molar-refractivity contribution in [2.75, 3.05) is 0 Å². The average Bonchev–Trinajstić information content (AvgIpc) is 3.12. The molecule has 0 bridgehead atoms. The van der Waals surface area contributed by atoms with Crippen LogP contribution in [0.1, 0.15) is 41.6 Å². The Morgan fingerprint density at radius 1 is 0.875 bits per heavy atom. The van der Waals surface area contributed by atoms with Gasteiger partial charge in [-0.3, -0.25) is 20.4 Å². The number of nitrogens with one attached hydrogen (secondary N) is 2. The topological polar surface area (TPSA) is 58.2 Å². The monoisotopic (exact) mass is 326 g/mol. The number of rotatable bonds is 3. The lowest BCUT2D eigenvalue weighted by atomic mass is 9.78. The van der Waals surface area contributed by atoms with Gasteiger partial charge in [-0.05, 0) is 42.7 Å². The lowest BCUT2D eigenvalue weighted by molar-refractivity contribution is -0.127. The predicted molar refractivity (Wildman–Crippen MR) is 88.6 cm³/mol. The van der Waals surface area contributed by atoms with E-state index in [2.05, 4.69) is 10.9 Å². The van der Waals surface area contributed by atoms with Gasteiger partial charge in [0.25, 0.3) is 5.91 Å². The van der Waals surface area contributed by atoms with E-state index in [4.69, 9.17) is 0 Å². The Labute approximate surface area is 140 Å². The van der Waals surface area contributed by atoms with E-state index in [1.165, 1.54) is 12.1 Å². The van der Waals surface area contributed by atoms with Crippen LogP contribution in [0.15, 0.2) is 54.6 Å². The number of amides is 2. The normalized spacial score (nSPS) is 15.7.